The van der Waals surface area contributed by atoms with Crippen LogP contribution in [0, 0.1) is 30.1 Å². The predicted molar refractivity (Wildman–Crippen MR) is 121 cm³/mol. The number of rotatable bonds is 6. The van der Waals surface area contributed by atoms with E-state index >= 15 is 0 Å². The Morgan fingerprint density at radius 3 is 2.47 bits per heavy atom. The van der Waals surface area contributed by atoms with E-state index < -0.39 is 5.97 Å². The summed E-state index contributed by atoms with van der Waals surface area (Å²) in [6.07, 6.45) is 3.66. The van der Waals surface area contributed by atoms with Crippen molar-refractivity contribution in [1.82, 2.24) is 4.98 Å². The number of hydrogen-bond acceptors (Lipinski definition) is 5. The van der Waals surface area contributed by atoms with Crippen LogP contribution >= 0.6 is 0 Å². The lowest BCUT2D eigenvalue weighted by Crippen LogP contribution is -2.42. The van der Waals surface area contributed by atoms with Crippen LogP contribution in [-0.2, 0) is 4.79 Å². The minimum Gasteiger partial charge on any atom is -0.478 e. The van der Waals surface area contributed by atoms with Gasteiger partial charge in [-0.3, -0.25) is 4.79 Å². The monoisotopic (exact) mass is 435 g/mol. The zero-order chi connectivity index (χ0) is 23.4. The first kappa shape index (κ1) is 23.3. The van der Waals surface area contributed by atoms with Crippen molar-refractivity contribution in [3.05, 3.63) is 47.2 Å². The number of hydrogen-bond donors (Lipinski definition) is 1. The number of carboxylic acid groups (broad SMARTS) is 1. The van der Waals surface area contributed by atoms with Gasteiger partial charge in [0.2, 0.25) is 11.8 Å². The number of nitriles is 1. The van der Waals surface area contributed by atoms with Gasteiger partial charge in [0.15, 0.2) is 0 Å². The second-order valence-corrected chi connectivity index (χ2v) is 8.76. The van der Waals surface area contributed by atoms with Crippen molar-refractivity contribution in [3.63, 3.8) is 0 Å². The summed E-state index contributed by atoms with van der Waals surface area (Å²) in [5.41, 5.74) is 1.25. The quantitative estimate of drug-likeness (QED) is 0.658. The molecule has 1 aromatic carbocycles. The van der Waals surface area contributed by atoms with E-state index in [1.165, 1.54) is 6.07 Å². The summed E-state index contributed by atoms with van der Waals surface area (Å²) in [6.45, 7) is 7.74. The third-order valence-electron chi connectivity index (χ3n) is 5.91. The minimum absolute atomic E-state index is 0.0279. The second kappa shape index (κ2) is 9.82. The molecule has 0 saturated heterocycles. The Bertz CT molecular complexity index is 1050. The lowest BCUT2D eigenvalue weighted by atomic mass is 9.82. The molecule has 1 amide bonds. The lowest BCUT2D eigenvalue weighted by molar-refractivity contribution is -0.123. The van der Waals surface area contributed by atoms with Crippen LogP contribution in [-0.4, -0.2) is 28.0 Å². The van der Waals surface area contributed by atoms with E-state index in [1.54, 1.807) is 36.1 Å². The molecule has 7 heteroatoms. The molecule has 1 saturated carbocycles. The van der Waals surface area contributed by atoms with Crippen LogP contribution in [0.25, 0.3) is 0 Å². The highest BCUT2D eigenvalue weighted by Crippen LogP contribution is 2.35. The molecule has 1 aliphatic carbocycles. The highest BCUT2D eigenvalue weighted by molar-refractivity contribution is 6.03. The van der Waals surface area contributed by atoms with Gasteiger partial charge in [0.05, 0.1) is 11.3 Å². The molecule has 0 radical (unpaired) electrons. The molecule has 3 rings (SSSR count). The first-order valence-corrected chi connectivity index (χ1v) is 11.0. The van der Waals surface area contributed by atoms with Crippen LogP contribution in [0.2, 0.25) is 0 Å². The van der Waals surface area contributed by atoms with E-state index in [0.29, 0.717) is 17.3 Å². The van der Waals surface area contributed by atoms with E-state index in [9.17, 15) is 20.0 Å². The molecule has 32 heavy (non-hydrogen) atoms. The molecule has 0 atom stereocenters. The van der Waals surface area contributed by atoms with Crippen molar-refractivity contribution in [2.24, 2.45) is 11.8 Å². The second-order valence-electron chi connectivity index (χ2n) is 8.76. The van der Waals surface area contributed by atoms with E-state index in [4.69, 9.17) is 4.74 Å². The van der Waals surface area contributed by atoms with Crippen LogP contribution < -0.4 is 9.64 Å². The van der Waals surface area contributed by atoms with E-state index in [2.05, 4.69) is 11.9 Å². The van der Waals surface area contributed by atoms with Crippen molar-refractivity contribution >= 4 is 17.6 Å². The molecule has 168 valence electrons. The number of aryl methyl sites for hydroxylation is 1. The number of ether oxygens (including phenoxy) is 1. The van der Waals surface area contributed by atoms with E-state index in [1.807, 2.05) is 19.9 Å². The Hall–Kier alpha value is -3.40. The van der Waals surface area contributed by atoms with Gasteiger partial charge in [-0.1, -0.05) is 6.92 Å². The first-order valence-electron chi connectivity index (χ1n) is 11.0. The maximum Gasteiger partial charge on any atom is 0.337 e. The van der Waals surface area contributed by atoms with Crippen LogP contribution in [0.4, 0.5) is 5.69 Å². The maximum absolute atomic E-state index is 13.4. The molecule has 1 fully saturated rings. The van der Waals surface area contributed by atoms with Gasteiger partial charge in [0, 0.05) is 17.7 Å². The van der Waals surface area contributed by atoms with Gasteiger partial charge in [-0.2, -0.15) is 5.26 Å². The normalized spacial score (nSPS) is 18.1. The summed E-state index contributed by atoms with van der Waals surface area (Å²) in [6, 6.07) is 9.73. The largest absolute Gasteiger partial charge is 0.478 e. The van der Waals surface area contributed by atoms with E-state index in [-0.39, 0.29) is 40.6 Å². The van der Waals surface area contributed by atoms with Gasteiger partial charge in [0.25, 0.3) is 0 Å². The number of carbonyl (C=O) groups excluding carboxylic acids is 1. The molecule has 0 bridgehead atoms. The molecule has 0 spiro atoms. The Labute approximate surface area is 188 Å². The van der Waals surface area contributed by atoms with Crippen molar-refractivity contribution in [2.75, 3.05) is 4.90 Å². The molecular formula is C25H29N3O4. The summed E-state index contributed by atoms with van der Waals surface area (Å²) in [4.78, 5) is 31.3. The SMILES string of the molecule is Cc1ccc(C#N)c(Oc2ccc(N(C(=O)C3CCC(C)CC3)C(C)C)c(C(=O)O)c2)n1. The number of carbonyl (C=O) groups is 2. The fourth-order valence-corrected chi connectivity index (χ4v) is 4.12. The fraction of sp³-hybridized carbons (Fsp3) is 0.440. The van der Waals surface area contributed by atoms with Gasteiger partial charge in [0.1, 0.15) is 17.4 Å². The summed E-state index contributed by atoms with van der Waals surface area (Å²) in [5.74, 6) is -0.311. The summed E-state index contributed by atoms with van der Waals surface area (Å²) in [5, 5.41) is 19.2. The number of nitrogens with zero attached hydrogens (tertiary/aromatic N) is 3. The highest BCUT2D eigenvalue weighted by Gasteiger charge is 2.32. The first-order chi connectivity index (χ1) is 15.2. The molecule has 2 aromatic rings. The summed E-state index contributed by atoms with van der Waals surface area (Å²) < 4.78 is 5.76. The molecule has 0 aliphatic heterocycles. The Morgan fingerprint density at radius 1 is 1.19 bits per heavy atom. The minimum atomic E-state index is -1.15. The smallest absolute Gasteiger partial charge is 0.337 e. The third-order valence-corrected chi connectivity index (χ3v) is 5.91. The van der Waals surface area contributed by atoms with E-state index in [0.717, 1.165) is 25.7 Å². The van der Waals surface area contributed by atoms with Crippen molar-refractivity contribution in [1.29, 1.82) is 5.26 Å². The molecule has 1 aromatic heterocycles. The van der Waals surface area contributed by atoms with Crippen LogP contribution in [0.1, 0.15) is 68.1 Å². The van der Waals surface area contributed by atoms with Gasteiger partial charge >= 0.3 is 5.97 Å². The topological polar surface area (TPSA) is 104 Å². The zero-order valence-electron chi connectivity index (χ0n) is 19.0. The zero-order valence-corrected chi connectivity index (χ0v) is 19.0. The van der Waals surface area contributed by atoms with Crippen LogP contribution in [0.15, 0.2) is 30.3 Å². The molecule has 1 heterocycles. The van der Waals surface area contributed by atoms with Gasteiger partial charge in [-0.25, -0.2) is 9.78 Å². The molecule has 1 N–H and O–H groups in total. The lowest BCUT2D eigenvalue weighted by Gasteiger charge is -2.34. The van der Waals surface area contributed by atoms with Crippen LogP contribution in [0.3, 0.4) is 0 Å². The number of aromatic carboxylic acids is 1. The summed E-state index contributed by atoms with van der Waals surface area (Å²) in [7, 11) is 0. The number of pyridine rings is 1. The van der Waals surface area contributed by atoms with Gasteiger partial charge in [-0.15, -0.1) is 0 Å². The molecule has 7 nitrogen and oxygen atoms in total. The fourth-order valence-electron chi connectivity index (χ4n) is 4.12. The van der Waals surface area contributed by atoms with Crippen molar-refractivity contribution in [3.8, 4) is 17.7 Å². The average molecular weight is 436 g/mol. The number of aromatic nitrogens is 1. The van der Waals surface area contributed by atoms with Crippen LogP contribution in [0.5, 0.6) is 11.6 Å². The van der Waals surface area contributed by atoms with Crippen molar-refractivity contribution in [2.45, 2.75) is 59.4 Å². The average Bonchev–Trinajstić information content (AvgIpc) is 2.75. The standard InChI is InChI=1S/C25H29N3O4/c1-15(2)28(24(29)18-8-5-16(3)6-9-18)22-12-11-20(13-21(22)25(30)31)32-23-19(14-26)10-7-17(4)27-23/h7,10-13,15-16,18H,5-6,8-9H2,1-4H3,(H,30,31). The maximum atomic E-state index is 13.4. The molecular weight excluding hydrogens is 406 g/mol. The molecule has 0 unspecified atom stereocenters. The number of amides is 1. The molecule has 1 aliphatic rings. The van der Waals surface area contributed by atoms with Crippen molar-refractivity contribution < 1.29 is 19.4 Å². The Morgan fingerprint density at radius 2 is 1.88 bits per heavy atom. The predicted octanol–water partition coefficient (Wildman–Crippen LogP) is 5.32. The third kappa shape index (κ3) is 5.08. The number of benzene rings is 1. The summed E-state index contributed by atoms with van der Waals surface area (Å²) >= 11 is 0. The van der Waals surface area contributed by atoms with Gasteiger partial charge in [-0.05, 0) is 82.7 Å². The number of carboxylic acids is 1. The number of anilines is 1. The Balaban J connectivity index is 1.96. The highest BCUT2D eigenvalue weighted by atomic mass is 16.5. The van der Waals surface area contributed by atoms with Gasteiger partial charge < -0.3 is 14.7 Å². The Kier molecular flexibility index (Phi) is 7.14.